The zero-order valence-corrected chi connectivity index (χ0v) is 11.0. The third-order valence-corrected chi connectivity index (χ3v) is 4.79. The average Bonchev–Trinajstić information content (AvgIpc) is 3.21. The van der Waals surface area contributed by atoms with Crippen LogP contribution in [0.1, 0.15) is 19.3 Å². The van der Waals surface area contributed by atoms with Gasteiger partial charge in [-0.3, -0.25) is 0 Å². The summed E-state index contributed by atoms with van der Waals surface area (Å²) in [4.78, 5) is 1.30. The molecule has 94 valence electrons. The Morgan fingerprint density at radius 3 is 2.53 bits per heavy atom. The molecule has 0 spiro atoms. The molecule has 0 radical (unpaired) electrons. The van der Waals surface area contributed by atoms with Crippen molar-refractivity contribution in [2.75, 3.05) is 18.9 Å². The van der Waals surface area contributed by atoms with Gasteiger partial charge in [-0.15, -0.1) is 11.8 Å². The van der Waals surface area contributed by atoms with E-state index < -0.39 is 0 Å². The van der Waals surface area contributed by atoms with Crippen molar-refractivity contribution in [3.63, 3.8) is 0 Å². The summed E-state index contributed by atoms with van der Waals surface area (Å²) in [5.74, 6) is 1.70. The van der Waals surface area contributed by atoms with E-state index in [4.69, 9.17) is 5.73 Å². The molecule has 3 N–H and O–H groups in total. The van der Waals surface area contributed by atoms with Gasteiger partial charge in [0.1, 0.15) is 0 Å². The van der Waals surface area contributed by atoms with Crippen LogP contribution in [0.2, 0.25) is 0 Å². The minimum atomic E-state index is -0.0121. The predicted octanol–water partition coefficient (Wildman–Crippen LogP) is 2.52. The molecule has 2 rings (SSSR count). The molecule has 1 atom stereocenters. The summed E-state index contributed by atoms with van der Waals surface area (Å²) in [6.07, 6.45) is 3.51. The molecule has 0 bridgehead atoms. The van der Waals surface area contributed by atoms with Crippen molar-refractivity contribution in [3.05, 3.63) is 30.3 Å². The number of nitrogens with two attached hydrogens (primary N) is 1. The normalized spacial score (nSPS) is 18.9. The van der Waals surface area contributed by atoms with Gasteiger partial charge >= 0.3 is 0 Å². The summed E-state index contributed by atoms with van der Waals surface area (Å²) in [6.45, 7) is 0.854. The lowest BCUT2D eigenvalue weighted by molar-refractivity contribution is 0.106. The average molecular weight is 251 g/mol. The van der Waals surface area contributed by atoms with Gasteiger partial charge in [-0.05, 0) is 43.1 Å². The summed E-state index contributed by atoms with van der Waals surface area (Å²) >= 11 is 1.86. The fourth-order valence-electron chi connectivity index (χ4n) is 2.33. The Bertz CT molecular complexity index is 333. The van der Waals surface area contributed by atoms with Gasteiger partial charge in [0, 0.05) is 16.9 Å². The second-order valence-electron chi connectivity index (χ2n) is 4.91. The molecular formula is C14H21NOS. The van der Waals surface area contributed by atoms with E-state index in [1.54, 1.807) is 0 Å². The number of hydrogen-bond acceptors (Lipinski definition) is 3. The van der Waals surface area contributed by atoms with Gasteiger partial charge < -0.3 is 10.8 Å². The van der Waals surface area contributed by atoms with Crippen LogP contribution in [-0.2, 0) is 0 Å². The van der Waals surface area contributed by atoms with Gasteiger partial charge in [-0.2, -0.15) is 0 Å². The molecule has 17 heavy (non-hydrogen) atoms. The summed E-state index contributed by atoms with van der Waals surface area (Å²) in [6, 6.07) is 10.4. The summed E-state index contributed by atoms with van der Waals surface area (Å²) in [5, 5.41) is 9.59. The quantitative estimate of drug-likeness (QED) is 0.732. The van der Waals surface area contributed by atoms with Gasteiger partial charge in [0.05, 0.1) is 6.61 Å². The molecular weight excluding hydrogens is 230 g/mol. The molecule has 0 amide bonds. The molecule has 1 saturated carbocycles. The highest BCUT2D eigenvalue weighted by Gasteiger charge is 2.43. The first-order chi connectivity index (χ1) is 8.30. The minimum Gasteiger partial charge on any atom is -0.396 e. The summed E-state index contributed by atoms with van der Waals surface area (Å²) < 4.78 is 0. The maximum atomic E-state index is 9.59. The molecule has 0 heterocycles. The van der Waals surface area contributed by atoms with E-state index in [1.807, 2.05) is 17.8 Å². The number of aliphatic hydroxyl groups is 1. The van der Waals surface area contributed by atoms with Crippen molar-refractivity contribution in [3.8, 4) is 0 Å². The Labute approximate surface area is 108 Å². The SMILES string of the molecule is NCC(CO)(CCSc1ccccc1)C1CC1. The largest absolute Gasteiger partial charge is 0.396 e. The summed E-state index contributed by atoms with van der Waals surface area (Å²) in [7, 11) is 0. The van der Waals surface area contributed by atoms with E-state index in [0.29, 0.717) is 12.5 Å². The monoisotopic (exact) mass is 251 g/mol. The number of thioether (sulfide) groups is 1. The highest BCUT2D eigenvalue weighted by molar-refractivity contribution is 7.99. The van der Waals surface area contributed by atoms with E-state index in [0.717, 1.165) is 12.2 Å². The smallest absolute Gasteiger partial charge is 0.0502 e. The Kier molecular flexibility index (Phi) is 4.48. The van der Waals surface area contributed by atoms with E-state index in [2.05, 4.69) is 24.3 Å². The second kappa shape index (κ2) is 5.89. The number of aliphatic hydroxyl groups excluding tert-OH is 1. The van der Waals surface area contributed by atoms with Crippen LogP contribution in [0.4, 0.5) is 0 Å². The zero-order valence-electron chi connectivity index (χ0n) is 10.1. The first-order valence-corrected chi connectivity index (χ1v) is 7.28. The fourth-order valence-corrected chi connectivity index (χ4v) is 3.42. The Morgan fingerprint density at radius 2 is 2.00 bits per heavy atom. The molecule has 1 aliphatic rings. The molecule has 0 aromatic heterocycles. The van der Waals surface area contributed by atoms with Crippen molar-refractivity contribution in [1.82, 2.24) is 0 Å². The van der Waals surface area contributed by atoms with Crippen LogP contribution in [-0.4, -0.2) is 24.0 Å². The van der Waals surface area contributed by atoms with Gasteiger partial charge in [-0.25, -0.2) is 0 Å². The first-order valence-electron chi connectivity index (χ1n) is 6.29. The lowest BCUT2D eigenvalue weighted by atomic mass is 9.81. The van der Waals surface area contributed by atoms with Crippen molar-refractivity contribution in [2.24, 2.45) is 17.1 Å². The third kappa shape index (κ3) is 3.24. The number of benzene rings is 1. The van der Waals surface area contributed by atoms with Crippen LogP contribution in [0.3, 0.4) is 0 Å². The van der Waals surface area contributed by atoms with Gasteiger partial charge in [0.25, 0.3) is 0 Å². The van der Waals surface area contributed by atoms with Crippen molar-refractivity contribution in [2.45, 2.75) is 24.2 Å². The van der Waals surface area contributed by atoms with Gasteiger partial charge in [0.2, 0.25) is 0 Å². The summed E-state index contributed by atoms with van der Waals surface area (Å²) in [5.41, 5.74) is 5.86. The van der Waals surface area contributed by atoms with Gasteiger partial charge in [0.15, 0.2) is 0 Å². The molecule has 0 saturated heterocycles. The van der Waals surface area contributed by atoms with E-state index in [9.17, 15) is 5.11 Å². The number of rotatable bonds is 7. The van der Waals surface area contributed by atoms with Crippen LogP contribution < -0.4 is 5.73 Å². The lowest BCUT2D eigenvalue weighted by Gasteiger charge is -2.30. The highest BCUT2D eigenvalue weighted by atomic mass is 32.2. The number of hydrogen-bond donors (Lipinski definition) is 2. The second-order valence-corrected chi connectivity index (χ2v) is 6.08. The first kappa shape index (κ1) is 12.9. The topological polar surface area (TPSA) is 46.2 Å². The molecule has 2 nitrogen and oxygen atoms in total. The van der Waals surface area contributed by atoms with Crippen LogP contribution in [0, 0.1) is 11.3 Å². The van der Waals surface area contributed by atoms with Gasteiger partial charge in [-0.1, -0.05) is 18.2 Å². The van der Waals surface area contributed by atoms with Crippen LogP contribution >= 0.6 is 11.8 Å². The Balaban J connectivity index is 1.84. The van der Waals surface area contributed by atoms with E-state index in [1.165, 1.54) is 17.7 Å². The third-order valence-electron chi connectivity index (χ3n) is 3.78. The van der Waals surface area contributed by atoms with Crippen molar-refractivity contribution in [1.29, 1.82) is 0 Å². The van der Waals surface area contributed by atoms with Crippen molar-refractivity contribution < 1.29 is 5.11 Å². The molecule has 3 heteroatoms. The van der Waals surface area contributed by atoms with Crippen molar-refractivity contribution >= 4 is 11.8 Å². The molecule has 1 aromatic carbocycles. The van der Waals surface area contributed by atoms with Crippen LogP contribution in [0.15, 0.2) is 35.2 Å². The predicted molar refractivity (Wildman–Crippen MR) is 73.1 cm³/mol. The fraction of sp³-hybridized carbons (Fsp3) is 0.571. The molecule has 0 aliphatic heterocycles. The van der Waals surface area contributed by atoms with E-state index >= 15 is 0 Å². The molecule has 1 aliphatic carbocycles. The highest BCUT2D eigenvalue weighted by Crippen LogP contribution is 2.47. The maximum absolute atomic E-state index is 9.59. The lowest BCUT2D eigenvalue weighted by Crippen LogP contribution is -2.37. The molecule has 1 aromatic rings. The maximum Gasteiger partial charge on any atom is 0.0502 e. The minimum absolute atomic E-state index is 0.0121. The standard InChI is InChI=1S/C14H21NOS/c15-10-14(11-16,12-6-7-12)8-9-17-13-4-2-1-3-5-13/h1-5,12,16H,6-11,15H2. The van der Waals surface area contributed by atoms with Crippen LogP contribution in [0.25, 0.3) is 0 Å². The molecule has 1 fully saturated rings. The van der Waals surface area contributed by atoms with E-state index in [-0.39, 0.29) is 12.0 Å². The molecule has 1 unspecified atom stereocenters. The van der Waals surface area contributed by atoms with Crippen LogP contribution in [0.5, 0.6) is 0 Å². The Hall–Kier alpha value is -0.510. The zero-order chi connectivity index (χ0) is 12.1. The Morgan fingerprint density at radius 1 is 1.29 bits per heavy atom.